The summed E-state index contributed by atoms with van der Waals surface area (Å²) in [4.78, 5) is 24.3. The molecule has 12 heteroatoms. The van der Waals surface area contributed by atoms with E-state index in [-0.39, 0.29) is 51.4 Å². The molecule has 208 valence electrons. The van der Waals surface area contributed by atoms with Crippen LogP contribution in [0.25, 0.3) is 6.08 Å². The summed E-state index contributed by atoms with van der Waals surface area (Å²) in [6.45, 7) is 4.92. The molecule has 1 atom stereocenters. The van der Waals surface area contributed by atoms with E-state index in [0.717, 1.165) is 30.3 Å². The van der Waals surface area contributed by atoms with Crippen LogP contribution in [0.1, 0.15) is 73.0 Å². The van der Waals surface area contributed by atoms with Gasteiger partial charge in [-0.3, -0.25) is 9.59 Å². The van der Waals surface area contributed by atoms with Gasteiger partial charge in [-0.05, 0) is 49.6 Å². The number of rotatable bonds is 9. The molecule has 2 aromatic rings. The maximum atomic E-state index is 13.8. The largest absolute Gasteiger partial charge is 0.417 e. The van der Waals surface area contributed by atoms with Crippen LogP contribution in [0.5, 0.6) is 0 Å². The molecule has 0 radical (unpaired) electrons. The third-order valence-electron chi connectivity index (χ3n) is 5.62. The van der Waals surface area contributed by atoms with E-state index in [2.05, 4.69) is 5.32 Å². The molecule has 1 unspecified atom stereocenters. The minimum absolute atomic E-state index is 0.0794. The van der Waals surface area contributed by atoms with Crippen molar-refractivity contribution in [2.45, 2.75) is 63.8 Å². The number of carbonyl (C=O) groups is 2. The Bertz CT molecular complexity index is 1200. The van der Waals surface area contributed by atoms with E-state index in [9.17, 15) is 35.9 Å². The van der Waals surface area contributed by atoms with Gasteiger partial charge in [0.05, 0.1) is 26.5 Å². The van der Waals surface area contributed by atoms with Crippen molar-refractivity contribution in [3.05, 3.63) is 73.7 Å². The van der Waals surface area contributed by atoms with Gasteiger partial charge in [-0.15, -0.1) is 0 Å². The van der Waals surface area contributed by atoms with Crippen molar-refractivity contribution >= 4 is 52.6 Å². The molecule has 38 heavy (non-hydrogen) atoms. The molecule has 0 fully saturated rings. The standard InChI is InChI=1S/C26H24Cl3F6NO2/c1-4-22(38)36-24(2,3)10-9-21(37)16-7-5-14(11-18(16)26(33,34)35)6-8-17(25(30,31)32)15-12-19(27)23(29)20(28)13-15/h5-8,11-13,17H,4,9-10H2,1-3H3,(H,36,38)/b8-6+. The Kier molecular flexibility index (Phi) is 10.4. The van der Waals surface area contributed by atoms with E-state index in [1.54, 1.807) is 20.8 Å². The first-order chi connectivity index (χ1) is 17.4. The first kappa shape index (κ1) is 32.0. The van der Waals surface area contributed by atoms with Crippen LogP contribution in [0.4, 0.5) is 26.3 Å². The molecule has 0 saturated heterocycles. The van der Waals surface area contributed by atoms with Crippen molar-refractivity contribution < 1.29 is 35.9 Å². The van der Waals surface area contributed by atoms with E-state index in [0.29, 0.717) is 12.1 Å². The second-order valence-electron chi connectivity index (χ2n) is 9.19. The van der Waals surface area contributed by atoms with Gasteiger partial charge in [0, 0.05) is 23.9 Å². The van der Waals surface area contributed by atoms with E-state index in [1.165, 1.54) is 0 Å². The van der Waals surface area contributed by atoms with Crippen LogP contribution in [0.3, 0.4) is 0 Å². The van der Waals surface area contributed by atoms with Gasteiger partial charge < -0.3 is 5.32 Å². The molecule has 2 aromatic carbocycles. The zero-order valence-corrected chi connectivity index (χ0v) is 22.7. The summed E-state index contributed by atoms with van der Waals surface area (Å²) >= 11 is 17.5. The number of carbonyl (C=O) groups excluding carboxylic acids is 2. The average Bonchev–Trinajstić information content (AvgIpc) is 2.79. The third-order valence-corrected chi connectivity index (χ3v) is 6.82. The van der Waals surface area contributed by atoms with Crippen LogP contribution in [0.2, 0.25) is 15.1 Å². The van der Waals surface area contributed by atoms with Gasteiger partial charge in [-0.25, -0.2) is 0 Å². The fourth-order valence-corrected chi connectivity index (χ4v) is 4.22. The van der Waals surface area contributed by atoms with Gasteiger partial charge >= 0.3 is 12.4 Å². The molecule has 0 bridgehead atoms. The van der Waals surface area contributed by atoms with Crippen LogP contribution in [-0.4, -0.2) is 23.4 Å². The van der Waals surface area contributed by atoms with Gasteiger partial charge in [0.2, 0.25) is 5.91 Å². The minimum Gasteiger partial charge on any atom is -0.351 e. The molecular weight excluding hydrogens is 579 g/mol. The highest BCUT2D eigenvalue weighted by atomic mass is 35.5. The molecule has 0 heterocycles. The van der Waals surface area contributed by atoms with E-state index in [4.69, 9.17) is 34.8 Å². The normalized spacial score (nSPS) is 13.6. The van der Waals surface area contributed by atoms with E-state index < -0.39 is 40.7 Å². The van der Waals surface area contributed by atoms with Crippen molar-refractivity contribution in [2.24, 2.45) is 0 Å². The Morgan fingerprint density at radius 2 is 1.55 bits per heavy atom. The number of hydrogen-bond acceptors (Lipinski definition) is 2. The number of benzene rings is 2. The fourth-order valence-electron chi connectivity index (χ4n) is 3.60. The molecule has 2 rings (SSSR count). The number of amides is 1. The molecular formula is C26H24Cl3F6NO2. The SMILES string of the molecule is CCC(=O)NC(C)(C)CCC(=O)c1ccc(/C=C/C(c2cc(Cl)c(Cl)c(Cl)c2)C(F)(F)F)cc1C(F)(F)F. The Morgan fingerprint density at radius 1 is 0.974 bits per heavy atom. The molecule has 0 aliphatic rings. The summed E-state index contributed by atoms with van der Waals surface area (Å²) < 4.78 is 82.7. The molecule has 0 aliphatic heterocycles. The van der Waals surface area contributed by atoms with Crippen LogP contribution in [0, 0.1) is 0 Å². The van der Waals surface area contributed by atoms with Gasteiger partial charge in [-0.1, -0.05) is 66.0 Å². The Balaban J connectivity index is 2.39. The maximum absolute atomic E-state index is 13.8. The van der Waals surface area contributed by atoms with Gasteiger partial charge in [0.25, 0.3) is 0 Å². The molecule has 3 nitrogen and oxygen atoms in total. The number of Topliss-reactive ketones (excluding diaryl/α,β-unsaturated/α-hetero) is 1. The van der Waals surface area contributed by atoms with Crippen LogP contribution >= 0.6 is 34.8 Å². The number of ketones is 1. The first-order valence-electron chi connectivity index (χ1n) is 11.3. The maximum Gasteiger partial charge on any atom is 0.417 e. The number of alkyl halides is 6. The van der Waals surface area contributed by atoms with Crippen molar-refractivity contribution in [3.8, 4) is 0 Å². The summed E-state index contributed by atoms with van der Waals surface area (Å²) in [5.74, 6) is -3.33. The highest BCUT2D eigenvalue weighted by molar-refractivity contribution is 6.48. The second-order valence-corrected chi connectivity index (χ2v) is 10.4. The van der Waals surface area contributed by atoms with Crippen molar-refractivity contribution in [1.82, 2.24) is 5.32 Å². The zero-order valence-electron chi connectivity index (χ0n) is 20.5. The predicted octanol–water partition coefficient (Wildman–Crippen LogP) is 9.29. The summed E-state index contributed by atoms with van der Waals surface area (Å²) in [6, 6.07) is 4.62. The van der Waals surface area contributed by atoms with Crippen molar-refractivity contribution in [1.29, 1.82) is 0 Å². The van der Waals surface area contributed by atoms with Crippen molar-refractivity contribution in [2.75, 3.05) is 0 Å². The van der Waals surface area contributed by atoms with Crippen LogP contribution in [-0.2, 0) is 11.0 Å². The molecule has 1 N–H and O–H groups in total. The molecule has 1 amide bonds. The Morgan fingerprint density at radius 3 is 2.05 bits per heavy atom. The lowest BCUT2D eigenvalue weighted by molar-refractivity contribution is -0.139. The van der Waals surface area contributed by atoms with Crippen LogP contribution in [0.15, 0.2) is 36.4 Å². The number of hydrogen-bond donors (Lipinski definition) is 1. The topological polar surface area (TPSA) is 46.2 Å². The lowest BCUT2D eigenvalue weighted by Gasteiger charge is -2.26. The van der Waals surface area contributed by atoms with Crippen LogP contribution < -0.4 is 5.32 Å². The average molecular weight is 603 g/mol. The lowest BCUT2D eigenvalue weighted by atomic mass is 9.91. The summed E-state index contributed by atoms with van der Waals surface area (Å²) in [5, 5.41) is 2.14. The Hall–Kier alpha value is -2.23. The second kappa shape index (κ2) is 12.3. The lowest BCUT2D eigenvalue weighted by Crippen LogP contribution is -2.43. The first-order valence-corrected chi connectivity index (χ1v) is 12.4. The van der Waals surface area contributed by atoms with Gasteiger partial charge in [0.15, 0.2) is 5.78 Å². The zero-order chi connectivity index (χ0) is 29.1. The molecule has 0 saturated carbocycles. The number of allylic oxidation sites excluding steroid dienone is 1. The molecule has 0 aromatic heterocycles. The summed E-state index contributed by atoms with van der Waals surface area (Å²) in [5.41, 5.74) is -3.28. The Labute approximate surface area is 231 Å². The highest BCUT2D eigenvalue weighted by Gasteiger charge is 2.40. The monoisotopic (exact) mass is 601 g/mol. The highest BCUT2D eigenvalue weighted by Crippen LogP contribution is 2.41. The summed E-state index contributed by atoms with van der Waals surface area (Å²) in [6.07, 6.45) is -8.22. The fraction of sp³-hybridized carbons (Fsp3) is 0.385. The number of halogens is 9. The predicted molar refractivity (Wildman–Crippen MR) is 137 cm³/mol. The minimum atomic E-state index is -4.94. The third kappa shape index (κ3) is 8.64. The number of nitrogens with one attached hydrogen (secondary N) is 1. The van der Waals surface area contributed by atoms with E-state index in [1.807, 2.05) is 0 Å². The van der Waals surface area contributed by atoms with Gasteiger partial charge in [0.1, 0.15) is 0 Å². The van der Waals surface area contributed by atoms with Gasteiger partial charge in [-0.2, -0.15) is 26.3 Å². The van der Waals surface area contributed by atoms with E-state index >= 15 is 0 Å². The van der Waals surface area contributed by atoms with Crippen molar-refractivity contribution in [3.63, 3.8) is 0 Å². The smallest absolute Gasteiger partial charge is 0.351 e. The summed E-state index contributed by atoms with van der Waals surface area (Å²) in [7, 11) is 0. The quantitative estimate of drug-likeness (QED) is 0.177. The molecule has 0 spiro atoms. The molecule has 0 aliphatic carbocycles.